The normalized spacial score (nSPS) is 18.3. The molecule has 2 amide bonds. The van der Waals surface area contributed by atoms with Crippen LogP contribution >= 0.6 is 7.82 Å². The lowest BCUT2D eigenvalue weighted by Gasteiger charge is -2.38. The Morgan fingerprint density at radius 3 is 2.06 bits per heavy atom. The second-order valence-electron chi connectivity index (χ2n) is 28.7. The Bertz CT molecular complexity index is 4120. The Hall–Kier alpha value is -7.65. The van der Waals surface area contributed by atoms with Crippen LogP contribution in [0.2, 0.25) is 0 Å². The zero-order valence-corrected chi connectivity index (χ0v) is 59.1. The second kappa shape index (κ2) is 30.2. The van der Waals surface area contributed by atoms with E-state index in [4.69, 9.17) is 13.9 Å². The number of ketones is 1. The lowest BCUT2D eigenvalue weighted by molar-refractivity contribution is -0.401. The number of para-hydroxylation sites is 2. The van der Waals surface area contributed by atoms with Crippen molar-refractivity contribution in [1.82, 2.24) is 10.6 Å². The highest BCUT2D eigenvalue weighted by atomic mass is 31.2. The molecule has 6 aromatic rings. The van der Waals surface area contributed by atoms with Crippen molar-refractivity contribution in [2.45, 2.75) is 192 Å². The number of halogens is 1. The van der Waals surface area contributed by atoms with Crippen molar-refractivity contribution in [3.63, 3.8) is 0 Å². The first-order chi connectivity index (χ1) is 46.8. The van der Waals surface area contributed by atoms with Gasteiger partial charge in [0, 0.05) is 139 Å². The van der Waals surface area contributed by atoms with Gasteiger partial charge in [0.15, 0.2) is 17.7 Å². The van der Waals surface area contributed by atoms with Crippen molar-refractivity contribution in [2.75, 3.05) is 74.7 Å². The van der Waals surface area contributed by atoms with E-state index in [-0.39, 0.29) is 40.4 Å². The number of amides is 2. The molecule has 0 saturated heterocycles. The number of alkyl halides is 1. The van der Waals surface area contributed by atoms with E-state index in [0.717, 1.165) is 151 Å². The number of allylic oxidation sites excluding steroid dienone is 6. The van der Waals surface area contributed by atoms with Gasteiger partial charge in [0.05, 0.1) is 10.8 Å². The number of anilines is 3. The van der Waals surface area contributed by atoms with E-state index in [9.17, 15) is 23.8 Å². The Labute approximate surface area is 572 Å². The number of fused-ring (bicyclic) bond motifs is 6. The van der Waals surface area contributed by atoms with Gasteiger partial charge in [0.2, 0.25) is 17.5 Å². The van der Waals surface area contributed by atoms with Crippen molar-refractivity contribution in [2.24, 2.45) is 4.99 Å². The van der Waals surface area contributed by atoms with E-state index in [0.29, 0.717) is 63.6 Å². The average Bonchev–Trinajstić information content (AvgIpc) is 1.65. The summed E-state index contributed by atoms with van der Waals surface area (Å²) in [6, 6.07) is 25.8. The molecule has 514 valence electrons. The van der Waals surface area contributed by atoms with E-state index in [1.54, 1.807) is 13.0 Å². The van der Waals surface area contributed by atoms with Crippen LogP contribution in [0.1, 0.15) is 188 Å². The van der Waals surface area contributed by atoms with E-state index in [1.165, 1.54) is 79.7 Å². The summed E-state index contributed by atoms with van der Waals surface area (Å²) >= 11 is 0. The predicted octanol–water partition coefficient (Wildman–Crippen LogP) is 15.8. The maximum Gasteiger partial charge on any atom is 0.527 e. The zero-order valence-electron chi connectivity index (χ0n) is 58.2. The van der Waals surface area contributed by atoms with Crippen molar-refractivity contribution in [1.29, 1.82) is 0 Å². The number of Topliss-reactive ketones (excluding diaryl/α,β-unsaturated/α-hetero) is 1. The molecule has 12 rings (SSSR count). The molecule has 0 radical (unpaired) electrons. The highest BCUT2D eigenvalue weighted by molar-refractivity contribution is 7.47. The second-order valence-corrected chi connectivity index (χ2v) is 30.2. The van der Waals surface area contributed by atoms with Gasteiger partial charge in [0.25, 0.3) is 0 Å². The zero-order chi connectivity index (χ0) is 68.0. The van der Waals surface area contributed by atoms with Crippen LogP contribution in [0.3, 0.4) is 0 Å². The summed E-state index contributed by atoms with van der Waals surface area (Å²) in [5, 5.41) is 9.58. The fourth-order valence-corrected chi connectivity index (χ4v) is 16.8. The Balaban J connectivity index is 0.690. The van der Waals surface area contributed by atoms with E-state index < -0.39 is 25.8 Å². The highest BCUT2D eigenvalue weighted by Gasteiger charge is 2.43. The molecule has 17 heteroatoms. The number of hydrogen-bond acceptors (Lipinski definition) is 11. The van der Waals surface area contributed by atoms with Crippen LogP contribution in [0.5, 0.6) is 5.75 Å². The minimum absolute atomic E-state index is 0.00755. The first-order valence-corrected chi connectivity index (χ1v) is 37.5. The maximum absolute atomic E-state index is 15.6. The summed E-state index contributed by atoms with van der Waals surface area (Å²) in [4.78, 5) is 64.4. The van der Waals surface area contributed by atoms with E-state index in [2.05, 4.69) is 160 Å². The molecule has 0 spiro atoms. The van der Waals surface area contributed by atoms with Crippen LogP contribution in [0.4, 0.5) is 27.1 Å². The third-order valence-electron chi connectivity index (χ3n) is 21.3. The first kappa shape index (κ1) is 69.3. The van der Waals surface area contributed by atoms with Gasteiger partial charge in [-0.2, -0.15) is 4.58 Å². The molecule has 0 saturated carbocycles. The number of carbonyl (C=O) groups is 3. The number of nitrogens with zero attached hydrogens (tertiary/aromatic N) is 5. The molecule has 97 heavy (non-hydrogen) atoms. The SMILES string of the molecule is COP(=O)(O)Oc1ccc(C)cc1C(F)C(=O)CCCCCCCNC(=O)C(CCCCN=c1c2cc3c4c(c2oc2c5c6c(cc12)CCCN6CCC5)CCCN4CCC3)NC(=O)CCCCCN1C(=CC=CC=CC2=[N+](C)c3ccccc3C2(C)C)C(C)(C)c2ccccc21. The highest BCUT2D eigenvalue weighted by Crippen LogP contribution is 2.50. The van der Waals surface area contributed by atoms with E-state index >= 15 is 4.39 Å². The number of hydrogen-bond donors (Lipinski definition) is 3. The lowest BCUT2D eigenvalue weighted by Crippen LogP contribution is -2.47. The summed E-state index contributed by atoms with van der Waals surface area (Å²) in [5.74, 6) is -1.18. The number of carbonyl (C=O) groups excluding carboxylic acids is 3. The minimum atomic E-state index is -4.48. The lowest BCUT2D eigenvalue weighted by atomic mass is 9.81. The van der Waals surface area contributed by atoms with Gasteiger partial charge in [-0.25, -0.2) is 8.96 Å². The molecule has 6 aliphatic heterocycles. The predicted molar refractivity (Wildman–Crippen MR) is 388 cm³/mol. The molecule has 3 N–H and O–H groups in total. The van der Waals surface area contributed by atoms with Crippen molar-refractivity contribution in [3.8, 4) is 5.75 Å². The molecule has 5 aromatic carbocycles. The standard InChI is InChI=1S/C80H99FN7O8P/c1-54-42-43-68(96-97(92,93)94-7)59(51-54)72(81)67(89)38-13-9-8-10-22-45-83-78(91)64(35-21-23-44-82-73-60-52-55-29-25-46-86-48-27-31-57(74(55)86)76(60)95-77-58-32-28-49-87-47-26-30-56(75(58)87)53-61(73)77)84-71(90)41-16-12-24-50-88-66-37-20-18-34-63(66)80(4,5)70(88)40-15-11-14-39-69-79(2,3)62-33-17-19-36-65(62)85(69)6/h11,14-15,17-20,33-34,36-37,39-40,42-43,51-53,64,72H,8-10,12-13,16,21-32,35,38,41,44-50H2,1-7H3,(H2-,83,84,90,91,92,93)/p+1. The summed E-state index contributed by atoms with van der Waals surface area (Å²) in [5.41, 5.74) is 18.1. The smallest absolute Gasteiger partial charge is 0.455 e. The molecular formula is C80H100FN7O8P+. The van der Waals surface area contributed by atoms with Gasteiger partial charge < -0.3 is 34.3 Å². The van der Waals surface area contributed by atoms with Crippen LogP contribution in [0.25, 0.3) is 21.9 Å². The van der Waals surface area contributed by atoms with Gasteiger partial charge in [-0.1, -0.05) is 106 Å². The number of nitrogens with one attached hydrogen (secondary N) is 2. The van der Waals surface area contributed by atoms with Gasteiger partial charge in [0.1, 0.15) is 30.0 Å². The number of rotatable bonds is 29. The van der Waals surface area contributed by atoms with Crippen molar-refractivity contribution >= 4 is 75.8 Å². The maximum atomic E-state index is 15.6. The van der Waals surface area contributed by atoms with Gasteiger partial charge in [-0.05, 0) is 170 Å². The fraction of sp³-hybridized carbons (Fsp3) is 0.487. The quantitative estimate of drug-likeness (QED) is 0.0134. The van der Waals surface area contributed by atoms with Crippen LogP contribution in [0.15, 0.2) is 124 Å². The van der Waals surface area contributed by atoms with Crippen LogP contribution in [-0.2, 0) is 60.0 Å². The number of aryl methyl sites for hydroxylation is 5. The minimum Gasteiger partial charge on any atom is -0.455 e. The molecular weight excluding hydrogens is 1240 g/mol. The molecule has 0 bridgehead atoms. The average molecular weight is 1340 g/mol. The van der Waals surface area contributed by atoms with Crippen LogP contribution in [-0.4, -0.2) is 98.8 Å². The van der Waals surface area contributed by atoms with Gasteiger partial charge >= 0.3 is 7.82 Å². The Morgan fingerprint density at radius 2 is 1.37 bits per heavy atom. The molecule has 3 atom stereocenters. The number of unbranched alkanes of at least 4 members (excludes halogenated alkanes) is 7. The van der Waals surface area contributed by atoms with E-state index in [1.807, 2.05) is 0 Å². The Kier molecular flexibility index (Phi) is 21.6. The van der Waals surface area contributed by atoms with Crippen molar-refractivity contribution < 1.29 is 46.3 Å². The summed E-state index contributed by atoms with van der Waals surface area (Å²) in [6.07, 6.45) is 25.5. The number of benzene rings is 5. The van der Waals surface area contributed by atoms with Gasteiger partial charge in [-0.3, -0.25) is 28.8 Å². The molecule has 7 heterocycles. The monoisotopic (exact) mass is 1340 g/mol. The molecule has 0 fully saturated rings. The molecule has 0 aliphatic carbocycles. The third kappa shape index (κ3) is 14.9. The fourth-order valence-electron chi connectivity index (χ4n) is 16.3. The van der Waals surface area contributed by atoms with Gasteiger partial charge in [-0.15, -0.1) is 0 Å². The van der Waals surface area contributed by atoms with Crippen molar-refractivity contribution in [3.05, 3.63) is 165 Å². The first-order valence-electron chi connectivity index (χ1n) is 36.0. The number of phosphoric ester groups is 1. The van der Waals surface area contributed by atoms with Crippen LogP contribution < -0.4 is 35.2 Å². The topological polar surface area (TPSA) is 169 Å². The number of phosphoric acid groups is 1. The largest absolute Gasteiger partial charge is 0.527 e. The Morgan fingerprint density at radius 1 is 0.742 bits per heavy atom. The van der Waals surface area contributed by atoms with Crippen LogP contribution in [0, 0.1) is 6.92 Å². The third-order valence-corrected chi connectivity index (χ3v) is 22.2. The molecule has 15 nitrogen and oxygen atoms in total. The summed E-state index contributed by atoms with van der Waals surface area (Å²) in [6.45, 7) is 17.1. The molecule has 1 aromatic heterocycles. The molecule has 3 unspecified atom stereocenters. The summed E-state index contributed by atoms with van der Waals surface area (Å²) < 4.78 is 46.9. The molecule has 6 aliphatic rings. The summed E-state index contributed by atoms with van der Waals surface area (Å²) in [7, 11) is -1.32.